The summed E-state index contributed by atoms with van der Waals surface area (Å²) < 4.78 is 15.1. The molecule has 0 radical (unpaired) electrons. The Kier molecular flexibility index (Phi) is 4.57. The van der Waals surface area contributed by atoms with Crippen molar-refractivity contribution in [2.75, 3.05) is 10.7 Å². The first-order valence-corrected chi connectivity index (χ1v) is 9.37. The van der Waals surface area contributed by atoms with Crippen LogP contribution in [0, 0.1) is 19.7 Å². The lowest BCUT2D eigenvalue weighted by Crippen LogP contribution is -2.41. The largest absolute Gasteiger partial charge is 0.325 e. The molecule has 138 valence electrons. The van der Waals surface area contributed by atoms with E-state index in [0.29, 0.717) is 11.0 Å². The molecule has 1 aromatic heterocycles. The van der Waals surface area contributed by atoms with Crippen LogP contribution in [-0.2, 0) is 4.79 Å². The molecule has 2 heterocycles. The lowest BCUT2D eigenvalue weighted by atomic mass is 10.0. The molecule has 0 aliphatic carbocycles. The summed E-state index contributed by atoms with van der Waals surface area (Å²) in [4.78, 5) is 13.0. The van der Waals surface area contributed by atoms with Crippen molar-refractivity contribution in [2.24, 2.45) is 0 Å². The number of aromatic nitrogens is 3. The number of halogens is 1. The SMILES string of the molecule is Cc1cccc(NC(=O)C2Sc3nnc(C)n3NC2c2ccc(F)cc2)c1. The molecule has 2 atom stereocenters. The predicted molar refractivity (Wildman–Crippen MR) is 103 cm³/mol. The number of carbonyl (C=O) groups excluding carboxylic acids is 1. The lowest BCUT2D eigenvalue weighted by Gasteiger charge is -2.32. The van der Waals surface area contributed by atoms with Gasteiger partial charge in [0.25, 0.3) is 0 Å². The monoisotopic (exact) mass is 383 g/mol. The summed E-state index contributed by atoms with van der Waals surface area (Å²) in [6.07, 6.45) is 0. The Morgan fingerprint density at radius 2 is 1.96 bits per heavy atom. The van der Waals surface area contributed by atoms with Gasteiger partial charge in [-0.25, -0.2) is 9.07 Å². The first kappa shape index (κ1) is 17.5. The number of nitrogens with zero attached hydrogens (tertiary/aromatic N) is 3. The van der Waals surface area contributed by atoms with Crippen molar-refractivity contribution in [3.8, 4) is 0 Å². The zero-order chi connectivity index (χ0) is 19.0. The molecule has 2 unspecified atom stereocenters. The number of benzene rings is 2. The van der Waals surface area contributed by atoms with E-state index in [1.807, 2.05) is 38.1 Å². The minimum atomic E-state index is -0.493. The number of thioether (sulfide) groups is 1. The zero-order valence-electron chi connectivity index (χ0n) is 14.8. The van der Waals surface area contributed by atoms with E-state index < -0.39 is 5.25 Å². The molecule has 6 nitrogen and oxygen atoms in total. The third-order valence-corrected chi connectivity index (χ3v) is 5.59. The van der Waals surface area contributed by atoms with Gasteiger partial charge in [-0.2, -0.15) is 0 Å². The fourth-order valence-electron chi connectivity index (χ4n) is 3.02. The smallest absolute Gasteiger partial charge is 0.240 e. The van der Waals surface area contributed by atoms with Crippen molar-refractivity contribution in [1.82, 2.24) is 14.9 Å². The fraction of sp³-hybridized carbons (Fsp3) is 0.211. The average Bonchev–Trinajstić information content (AvgIpc) is 3.02. The van der Waals surface area contributed by atoms with Gasteiger partial charge in [-0.3, -0.25) is 4.79 Å². The van der Waals surface area contributed by atoms with Crippen molar-refractivity contribution < 1.29 is 9.18 Å². The summed E-state index contributed by atoms with van der Waals surface area (Å²) >= 11 is 1.34. The molecule has 2 aromatic carbocycles. The van der Waals surface area contributed by atoms with Gasteiger partial charge in [-0.05, 0) is 49.2 Å². The van der Waals surface area contributed by atoms with Crippen LogP contribution in [0.5, 0.6) is 0 Å². The highest BCUT2D eigenvalue weighted by atomic mass is 32.2. The second kappa shape index (κ2) is 7.03. The van der Waals surface area contributed by atoms with Gasteiger partial charge in [0.1, 0.15) is 16.9 Å². The van der Waals surface area contributed by atoms with Crippen molar-refractivity contribution in [3.05, 3.63) is 71.3 Å². The Morgan fingerprint density at radius 3 is 2.70 bits per heavy atom. The molecule has 0 saturated heterocycles. The number of carbonyl (C=O) groups is 1. The standard InChI is InChI=1S/C19H18FN5OS/c1-11-4-3-5-15(10-11)21-18(26)17-16(13-6-8-14(20)9-7-13)24-25-12(2)22-23-19(25)27-17/h3-10,16-17,24H,1-2H3,(H,21,26). The molecule has 0 spiro atoms. The predicted octanol–water partition coefficient (Wildman–Crippen LogP) is 3.43. The van der Waals surface area contributed by atoms with Crippen molar-refractivity contribution in [3.63, 3.8) is 0 Å². The summed E-state index contributed by atoms with van der Waals surface area (Å²) in [6, 6.07) is 13.4. The maximum Gasteiger partial charge on any atom is 0.240 e. The number of anilines is 1. The summed E-state index contributed by atoms with van der Waals surface area (Å²) in [5.74, 6) is 0.227. The third-order valence-electron chi connectivity index (χ3n) is 4.37. The summed E-state index contributed by atoms with van der Waals surface area (Å²) in [6.45, 7) is 3.80. The van der Waals surface area contributed by atoms with Gasteiger partial charge in [0, 0.05) is 5.69 Å². The molecule has 8 heteroatoms. The van der Waals surface area contributed by atoms with Gasteiger partial charge in [0.15, 0.2) is 0 Å². The highest BCUT2D eigenvalue weighted by Gasteiger charge is 2.37. The van der Waals surface area contributed by atoms with Gasteiger partial charge >= 0.3 is 0 Å². The van der Waals surface area contributed by atoms with Crippen molar-refractivity contribution in [2.45, 2.75) is 30.3 Å². The maximum atomic E-state index is 13.4. The van der Waals surface area contributed by atoms with Crippen LogP contribution in [0.3, 0.4) is 0 Å². The van der Waals surface area contributed by atoms with Gasteiger partial charge in [0.05, 0.1) is 6.04 Å². The minimum absolute atomic E-state index is 0.153. The van der Waals surface area contributed by atoms with Gasteiger partial charge < -0.3 is 10.7 Å². The molecule has 2 N–H and O–H groups in total. The van der Waals surface area contributed by atoms with Crippen LogP contribution in [0.4, 0.5) is 10.1 Å². The zero-order valence-corrected chi connectivity index (χ0v) is 15.6. The van der Waals surface area contributed by atoms with E-state index in [0.717, 1.165) is 16.8 Å². The molecule has 1 amide bonds. The van der Waals surface area contributed by atoms with Crippen LogP contribution in [-0.4, -0.2) is 26.0 Å². The molecule has 1 aliphatic rings. The Labute approximate surface area is 160 Å². The molecule has 1 aliphatic heterocycles. The molecule has 0 saturated carbocycles. The van der Waals surface area contributed by atoms with E-state index in [-0.39, 0.29) is 17.8 Å². The molecular weight excluding hydrogens is 365 g/mol. The number of hydrogen-bond donors (Lipinski definition) is 2. The number of amides is 1. The normalized spacial score (nSPS) is 18.5. The van der Waals surface area contributed by atoms with Gasteiger partial charge in [0.2, 0.25) is 11.1 Å². The maximum absolute atomic E-state index is 13.4. The van der Waals surface area contributed by atoms with Crippen LogP contribution in [0.25, 0.3) is 0 Å². The number of nitrogens with one attached hydrogen (secondary N) is 2. The van der Waals surface area contributed by atoms with Crippen LogP contribution in [0.15, 0.2) is 53.7 Å². The lowest BCUT2D eigenvalue weighted by molar-refractivity contribution is -0.116. The Hall–Kier alpha value is -2.87. The highest BCUT2D eigenvalue weighted by molar-refractivity contribution is 8.00. The van der Waals surface area contributed by atoms with E-state index in [4.69, 9.17) is 0 Å². The average molecular weight is 383 g/mol. The highest BCUT2D eigenvalue weighted by Crippen LogP contribution is 2.37. The summed E-state index contributed by atoms with van der Waals surface area (Å²) in [5, 5.41) is 11.3. The van der Waals surface area contributed by atoms with Crippen LogP contribution in [0.1, 0.15) is 23.0 Å². The van der Waals surface area contributed by atoms with Crippen LogP contribution in [0.2, 0.25) is 0 Å². The first-order valence-electron chi connectivity index (χ1n) is 8.49. The summed E-state index contributed by atoms with van der Waals surface area (Å²) in [5.41, 5.74) is 5.91. The Bertz CT molecular complexity index is 988. The number of hydrogen-bond acceptors (Lipinski definition) is 5. The fourth-order valence-corrected chi connectivity index (χ4v) is 4.14. The topological polar surface area (TPSA) is 71.8 Å². The van der Waals surface area contributed by atoms with Crippen molar-refractivity contribution >= 4 is 23.4 Å². The third kappa shape index (κ3) is 3.52. The number of fused-ring (bicyclic) bond motifs is 1. The second-order valence-corrected chi connectivity index (χ2v) is 7.53. The van der Waals surface area contributed by atoms with E-state index >= 15 is 0 Å². The molecule has 27 heavy (non-hydrogen) atoms. The van der Waals surface area contributed by atoms with E-state index in [2.05, 4.69) is 20.9 Å². The van der Waals surface area contributed by atoms with E-state index in [9.17, 15) is 9.18 Å². The summed E-state index contributed by atoms with van der Waals surface area (Å²) in [7, 11) is 0. The second-order valence-electron chi connectivity index (χ2n) is 6.42. The van der Waals surface area contributed by atoms with Gasteiger partial charge in [-0.1, -0.05) is 36.0 Å². The van der Waals surface area contributed by atoms with Crippen LogP contribution < -0.4 is 10.7 Å². The molecule has 3 aromatic rings. The minimum Gasteiger partial charge on any atom is -0.325 e. The van der Waals surface area contributed by atoms with Crippen LogP contribution >= 0.6 is 11.8 Å². The van der Waals surface area contributed by atoms with E-state index in [1.54, 1.807) is 16.8 Å². The Morgan fingerprint density at radius 1 is 1.19 bits per heavy atom. The molecular formula is C19H18FN5OS. The number of aryl methyl sites for hydroxylation is 2. The van der Waals surface area contributed by atoms with Gasteiger partial charge in [-0.15, -0.1) is 10.2 Å². The number of rotatable bonds is 3. The molecule has 4 rings (SSSR count). The van der Waals surface area contributed by atoms with Crippen molar-refractivity contribution in [1.29, 1.82) is 0 Å². The molecule has 0 fully saturated rings. The first-order chi connectivity index (χ1) is 13.0. The Balaban J connectivity index is 1.66. The van der Waals surface area contributed by atoms with E-state index in [1.165, 1.54) is 23.9 Å². The molecule has 0 bridgehead atoms. The quantitative estimate of drug-likeness (QED) is 0.725.